The van der Waals surface area contributed by atoms with Crippen LogP contribution in [0.4, 0.5) is 0 Å². The highest BCUT2D eigenvalue weighted by Gasteiger charge is 2.20. The Morgan fingerprint density at radius 2 is 2.18 bits per heavy atom. The van der Waals surface area contributed by atoms with E-state index in [9.17, 15) is 9.59 Å². The fourth-order valence-corrected chi connectivity index (χ4v) is 3.14. The highest BCUT2D eigenvalue weighted by Crippen LogP contribution is 2.17. The maximum Gasteiger partial charge on any atom is 0.305 e. The van der Waals surface area contributed by atoms with Crippen molar-refractivity contribution in [2.75, 3.05) is 6.54 Å². The van der Waals surface area contributed by atoms with E-state index in [-0.39, 0.29) is 18.9 Å². The van der Waals surface area contributed by atoms with Gasteiger partial charge < -0.3 is 10.0 Å². The third kappa shape index (κ3) is 4.38. The summed E-state index contributed by atoms with van der Waals surface area (Å²) in [5.74, 6) is -1.11. The first kappa shape index (κ1) is 16.6. The number of carboxylic acids is 1. The van der Waals surface area contributed by atoms with Gasteiger partial charge in [0.1, 0.15) is 0 Å². The van der Waals surface area contributed by atoms with Gasteiger partial charge in [-0.1, -0.05) is 28.1 Å². The van der Waals surface area contributed by atoms with E-state index in [1.165, 1.54) is 11.5 Å². The topological polar surface area (TPSA) is 70.5 Å². The molecule has 1 N–H and O–H groups in total. The lowest BCUT2D eigenvalue weighted by Gasteiger charge is -2.22. The Kier molecular flexibility index (Phi) is 5.68. The van der Waals surface area contributed by atoms with E-state index in [1.807, 2.05) is 24.3 Å². The molecule has 2 rings (SSSR count). The Labute approximate surface area is 140 Å². The molecule has 0 saturated carbocycles. The molecule has 22 heavy (non-hydrogen) atoms. The van der Waals surface area contributed by atoms with E-state index >= 15 is 0 Å². The number of halogens is 1. The molecule has 1 heterocycles. The van der Waals surface area contributed by atoms with Gasteiger partial charge in [-0.25, -0.2) is 0 Å². The summed E-state index contributed by atoms with van der Waals surface area (Å²) in [6, 6.07) is 7.61. The van der Waals surface area contributed by atoms with Gasteiger partial charge in [-0.15, -0.1) is 0 Å². The number of aromatic nitrogens is 1. The van der Waals surface area contributed by atoms with Gasteiger partial charge in [-0.05, 0) is 36.2 Å². The van der Waals surface area contributed by atoms with Crippen molar-refractivity contribution in [1.29, 1.82) is 0 Å². The first-order chi connectivity index (χ1) is 10.5. The molecule has 0 aliphatic heterocycles. The smallest absolute Gasteiger partial charge is 0.305 e. The minimum atomic E-state index is -0.924. The quantitative estimate of drug-likeness (QED) is 0.831. The number of benzene rings is 1. The first-order valence-corrected chi connectivity index (χ1v) is 8.27. The molecular weight excluding hydrogens is 368 g/mol. The monoisotopic (exact) mass is 382 g/mol. The summed E-state index contributed by atoms with van der Waals surface area (Å²) in [4.78, 5) is 25.0. The lowest BCUT2D eigenvalue weighted by molar-refractivity contribution is -0.137. The van der Waals surface area contributed by atoms with Crippen LogP contribution in [0.2, 0.25) is 0 Å². The molecule has 1 amide bonds. The number of hydrogen-bond donors (Lipinski definition) is 1. The van der Waals surface area contributed by atoms with Crippen LogP contribution in [-0.2, 0) is 11.3 Å². The Morgan fingerprint density at radius 3 is 2.77 bits per heavy atom. The van der Waals surface area contributed by atoms with Crippen LogP contribution in [0.5, 0.6) is 0 Å². The number of carboxylic acid groups (broad SMARTS) is 1. The zero-order chi connectivity index (χ0) is 16.1. The molecular formula is C15H15BrN2O3S. The zero-order valence-electron chi connectivity index (χ0n) is 12.0. The van der Waals surface area contributed by atoms with Crippen molar-refractivity contribution in [1.82, 2.24) is 9.27 Å². The standard InChI is InChI=1S/C15H15BrN2O3S/c1-10-13(9-22-17-10)15(21)18(6-5-14(19)20)8-11-3-2-4-12(16)7-11/h2-4,7,9H,5-6,8H2,1H3,(H,19,20). The molecule has 0 aliphatic rings. The summed E-state index contributed by atoms with van der Waals surface area (Å²) in [6.07, 6.45) is -0.0869. The molecule has 0 spiro atoms. The normalized spacial score (nSPS) is 10.5. The average molecular weight is 383 g/mol. The molecule has 2 aromatic rings. The minimum absolute atomic E-state index is 0.0869. The lowest BCUT2D eigenvalue weighted by Crippen LogP contribution is -2.32. The van der Waals surface area contributed by atoms with E-state index in [2.05, 4.69) is 20.3 Å². The molecule has 116 valence electrons. The molecule has 1 aromatic heterocycles. The van der Waals surface area contributed by atoms with Gasteiger partial charge in [0.25, 0.3) is 5.91 Å². The Hall–Kier alpha value is -1.73. The van der Waals surface area contributed by atoms with Crippen LogP contribution in [0.25, 0.3) is 0 Å². The SMILES string of the molecule is Cc1nscc1C(=O)N(CCC(=O)O)Cc1cccc(Br)c1. The maximum absolute atomic E-state index is 12.6. The molecule has 7 heteroatoms. The van der Waals surface area contributed by atoms with E-state index in [4.69, 9.17) is 5.11 Å². The Balaban J connectivity index is 2.20. The van der Waals surface area contributed by atoms with Gasteiger partial charge in [-0.3, -0.25) is 9.59 Å². The van der Waals surface area contributed by atoms with E-state index in [0.29, 0.717) is 17.8 Å². The van der Waals surface area contributed by atoms with Crippen molar-refractivity contribution in [2.45, 2.75) is 19.9 Å². The number of amides is 1. The maximum atomic E-state index is 12.6. The van der Waals surface area contributed by atoms with Crippen molar-refractivity contribution in [3.63, 3.8) is 0 Å². The second-order valence-electron chi connectivity index (χ2n) is 4.81. The molecule has 0 atom stereocenters. The van der Waals surface area contributed by atoms with E-state index in [1.54, 1.807) is 17.2 Å². The van der Waals surface area contributed by atoms with Gasteiger partial charge in [0.15, 0.2) is 0 Å². The van der Waals surface area contributed by atoms with Crippen molar-refractivity contribution < 1.29 is 14.7 Å². The summed E-state index contributed by atoms with van der Waals surface area (Å²) in [5, 5.41) is 10.6. The van der Waals surface area contributed by atoms with E-state index < -0.39 is 5.97 Å². The van der Waals surface area contributed by atoms with Crippen LogP contribution < -0.4 is 0 Å². The second kappa shape index (κ2) is 7.51. The van der Waals surface area contributed by atoms with Crippen LogP contribution in [-0.4, -0.2) is 32.8 Å². The third-order valence-electron chi connectivity index (χ3n) is 3.13. The number of carbonyl (C=O) groups excluding carboxylic acids is 1. The average Bonchev–Trinajstić information content (AvgIpc) is 2.88. The number of carbonyl (C=O) groups is 2. The van der Waals surface area contributed by atoms with Crippen molar-refractivity contribution in [3.05, 3.63) is 50.9 Å². The summed E-state index contributed by atoms with van der Waals surface area (Å²) in [7, 11) is 0. The van der Waals surface area contributed by atoms with Crippen molar-refractivity contribution in [3.8, 4) is 0 Å². The van der Waals surface area contributed by atoms with Crippen LogP contribution in [0, 0.1) is 6.92 Å². The summed E-state index contributed by atoms with van der Waals surface area (Å²) < 4.78 is 5.03. The number of nitrogens with zero attached hydrogens (tertiary/aromatic N) is 2. The number of rotatable bonds is 6. The molecule has 5 nitrogen and oxygen atoms in total. The van der Waals surface area contributed by atoms with Crippen LogP contribution >= 0.6 is 27.5 Å². The molecule has 0 saturated heterocycles. The summed E-state index contributed by atoms with van der Waals surface area (Å²) >= 11 is 4.62. The summed E-state index contributed by atoms with van der Waals surface area (Å²) in [5.41, 5.74) is 2.14. The molecule has 1 aromatic carbocycles. The zero-order valence-corrected chi connectivity index (χ0v) is 14.4. The second-order valence-corrected chi connectivity index (χ2v) is 6.36. The van der Waals surface area contributed by atoms with Crippen molar-refractivity contribution >= 4 is 39.3 Å². The summed E-state index contributed by atoms with van der Waals surface area (Å²) in [6.45, 7) is 2.30. The number of aliphatic carboxylic acids is 1. The van der Waals surface area contributed by atoms with Crippen LogP contribution in [0.1, 0.15) is 28.0 Å². The first-order valence-electron chi connectivity index (χ1n) is 6.64. The fourth-order valence-electron chi connectivity index (χ4n) is 2.01. The molecule has 0 radical (unpaired) electrons. The van der Waals surface area contributed by atoms with Gasteiger partial charge >= 0.3 is 5.97 Å². The highest BCUT2D eigenvalue weighted by atomic mass is 79.9. The molecule has 0 unspecified atom stereocenters. The predicted molar refractivity (Wildman–Crippen MR) is 88.0 cm³/mol. The van der Waals surface area contributed by atoms with Gasteiger partial charge in [-0.2, -0.15) is 4.37 Å². The highest BCUT2D eigenvalue weighted by molar-refractivity contribution is 9.10. The van der Waals surface area contributed by atoms with Gasteiger partial charge in [0.2, 0.25) is 0 Å². The third-order valence-corrected chi connectivity index (χ3v) is 4.34. The van der Waals surface area contributed by atoms with Gasteiger partial charge in [0.05, 0.1) is 17.7 Å². The van der Waals surface area contributed by atoms with Crippen LogP contribution in [0.3, 0.4) is 0 Å². The Bertz CT molecular complexity index is 687. The number of hydrogen-bond acceptors (Lipinski definition) is 4. The van der Waals surface area contributed by atoms with Crippen molar-refractivity contribution in [2.24, 2.45) is 0 Å². The molecule has 0 bridgehead atoms. The Morgan fingerprint density at radius 1 is 1.41 bits per heavy atom. The fraction of sp³-hybridized carbons (Fsp3) is 0.267. The van der Waals surface area contributed by atoms with Gasteiger partial charge in [0, 0.05) is 22.9 Å². The largest absolute Gasteiger partial charge is 0.481 e. The lowest BCUT2D eigenvalue weighted by atomic mass is 10.1. The van der Waals surface area contributed by atoms with E-state index in [0.717, 1.165) is 10.0 Å². The predicted octanol–water partition coefficient (Wildman–Crippen LogP) is 3.33. The molecule has 0 aliphatic carbocycles. The minimum Gasteiger partial charge on any atom is -0.481 e. The number of aryl methyl sites for hydroxylation is 1. The molecule has 0 fully saturated rings. The van der Waals surface area contributed by atoms with Crippen LogP contribution in [0.15, 0.2) is 34.1 Å².